The van der Waals surface area contributed by atoms with E-state index >= 15 is 0 Å². The summed E-state index contributed by atoms with van der Waals surface area (Å²) in [7, 11) is 0. The van der Waals surface area contributed by atoms with E-state index in [4.69, 9.17) is 0 Å². The molecule has 0 fully saturated rings. The molecule has 0 radical (unpaired) electrons. The molecule has 0 aliphatic rings. The third kappa shape index (κ3) is 4.35. The molecule has 0 aliphatic carbocycles. The maximum Gasteiger partial charge on any atom is 0.0945 e. The van der Waals surface area contributed by atoms with Crippen LogP contribution in [0.5, 0.6) is 0 Å². The number of aryl methyl sites for hydroxylation is 1. The Morgan fingerprint density at radius 3 is 2.69 bits per heavy atom. The number of nitrogens with one attached hydrogen (secondary N) is 1. The molecule has 1 aromatic heterocycles. The van der Waals surface area contributed by atoms with Crippen molar-refractivity contribution < 1.29 is 0 Å². The smallest absolute Gasteiger partial charge is 0.0945 e. The molecular formula is C13H25N3. The van der Waals surface area contributed by atoms with Gasteiger partial charge in [0.1, 0.15) is 0 Å². The summed E-state index contributed by atoms with van der Waals surface area (Å²) < 4.78 is 2.12. The SMILES string of the molecule is CC(C)C(C)(C)CNCCCn1ccnc1. The van der Waals surface area contributed by atoms with Crippen molar-refractivity contribution in [2.24, 2.45) is 11.3 Å². The lowest BCUT2D eigenvalue weighted by atomic mass is 9.81. The van der Waals surface area contributed by atoms with Crippen LogP contribution in [-0.2, 0) is 6.54 Å². The van der Waals surface area contributed by atoms with E-state index in [0.717, 1.165) is 26.1 Å². The molecule has 0 unspecified atom stereocenters. The number of imidazole rings is 1. The molecule has 1 N–H and O–H groups in total. The first kappa shape index (κ1) is 13.2. The van der Waals surface area contributed by atoms with Gasteiger partial charge in [0, 0.05) is 25.5 Å². The van der Waals surface area contributed by atoms with Gasteiger partial charge in [-0.1, -0.05) is 27.7 Å². The van der Waals surface area contributed by atoms with E-state index in [1.165, 1.54) is 0 Å². The summed E-state index contributed by atoms with van der Waals surface area (Å²) in [6, 6.07) is 0. The zero-order chi connectivity index (χ0) is 12.0. The summed E-state index contributed by atoms with van der Waals surface area (Å²) in [6.45, 7) is 12.4. The predicted molar refractivity (Wildman–Crippen MR) is 68.3 cm³/mol. The maximum atomic E-state index is 4.03. The molecule has 0 aromatic carbocycles. The van der Waals surface area contributed by atoms with E-state index < -0.39 is 0 Å². The summed E-state index contributed by atoms with van der Waals surface area (Å²) in [6.07, 6.45) is 6.87. The van der Waals surface area contributed by atoms with Crippen LogP contribution in [0.2, 0.25) is 0 Å². The van der Waals surface area contributed by atoms with Gasteiger partial charge < -0.3 is 9.88 Å². The Labute approximate surface area is 99.3 Å². The Bertz CT molecular complexity index is 275. The largest absolute Gasteiger partial charge is 0.337 e. The van der Waals surface area contributed by atoms with Crippen molar-refractivity contribution in [3.63, 3.8) is 0 Å². The van der Waals surface area contributed by atoms with Crippen molar-refractivity contribution >= 4 is 0 Å². The fourth-order valence-corrected chi connectivity index (χ4v) is 1.42. The van der Waals surface area contributed by atoms with Gasteiger partial charge in [-0.15, -0.1) is 0 Å². The quantitative estimate of drug-likeness (QED) is 0.720. The van der Waals surface area contributed by atoms with Gasteiger partial charge in [-0.2, -0.15) is 0 Å². The zero-order valence-corrected chi connectivity index (χ0v) is 11.0. The molecule has 3 nitrogen and oxygen atoms in total. The molecule has 1 aromatic rings. The molecule has 0 saturated carbocycles. The molecule has 0 aliphatic heterocycles. The van der Waals surface area contributed by atoms with Crippen molar-refractivity contribution in [2.45, 2.75) is 40.7 Å². The number of hydrogen-bond donors (Lipinski definition) is 1. The van der Waals surface area contributed by atoms with Crippen LogP contribution in [0.25, 0.3) is 0 Å². The number of nitrogens with zero attached hydrogens (tertiary/aromatic N) is 2. The topological polar surface area (TPSA) is 29.9 Å². The van der Waals surface area contributed by atoms with E-state index in [1.54, 1.807) is 0 Å². The summed E-state index contributed by atoms with van der Waals surface area (Å²) >= 11 is 0. The van der Waals surface area contributed by atoms with Crippen molar-refractivity contribution in [3.8, 4) is 0 Å². The van der Waals surface area contributed by atoms with Crippen LogP contribution < -0.4 is 5.32 Å². The third-order valence-electron chi connectivity index (χ3n) is 3.47. The lowest BCUT2D eigenvalue weighted by Gasteiger charge is -2.29. The van der Waals surface area contributed by atoms with Crippen LogP contribution in [-0.4, -0.2) is 22.6 Å². The monoisotopic (exact) mass is 223 g/mol. The Morgan fingerprint density at radius 1 is 1.38 bits per heavy atom. The molecule has 1 heterocycles. The van der Waals surface area contributed by atoms with E-state index in [-0.39, 0.29) is 0 Å². The minimum atomic E-state index is 0.384. The highest BCUT2D eigenvalue weighted by Gasteiger charge is 2.21. The molecule has 0 spiro atoms. The van der Waals surface area contributed by atoms with E-state index in [9.17, 15) is 0 Å². The van der Waals surface area contributed by atoms with Crippen LogP contribution in [0.4, 0.5) is 0 Å². The molecule has 0 atom stereocenters. The number of aromatic nitrogens is 2. The standard InChI is InChI=1S/C13H25N3/c1-12(2)13(3,4)10-14-6-5-8-16-9-7-15-11-16/h7,9,11-12,14H,5-6,8,10H2,1-4H3. The van der Waals surface area contributed by atoms with Gasteiger partial charge in [-0.3, -0.25) is 0 Å². The summed E-state index contributed by atoms with van der Waals surface area (Å²) in [5.41, 5.74) is 0.384. The fourth-order valence-electron chi connectivity index (χ4n) is 1.42. The van der Waals surface area contributed by atoms with Gasteiger partial charge in [-0.05, 0) is 24.3 Å². The Balaban J connectivity index is 2.08. The molecule has 0 amide bonds. The zero-order valence-electron chi connectivity index (χ0n) is 11.0. The normalized spacial score (nSPS) is 12.3. The number of rotatable bonds is 7. The highest BCUT2D eigenvalue weighted by atomic mass is 15.0. The highest BCUT2D eigenvalue weighted by Crippen LogP contribution is 2.24. The van der Waals surface area contributed by atoms with E-state index in [1.807, 2.05) is 18.7 Å². The van der Waals surface area contributed by atoms with Crippen molar-refractivity contribution in [3.05, 3.63) is 18.7 Å². The van der Waals surface area contributed by atoms with Gasteiger partial charge in [0.2, 0.25) is 0 Å². The summed E-state index contributed by atoms with van der Waals surface area (Å²) in [4.78, 5) is 4.03. The van der Waals surface area contributed by atoms with Crippen molar-refractivity contribution in [1.82, 2.24) is 14.9 Å². The van der Waals surface area contributed by atoms with Crippen LogP contribution >= 0.6 is 0 Å². The minimum absolute atomic E-state index is 0.384. The second-order valence-corrected chi connectivity index (χ2v) is 5.47. The minimum Gasteiger partial charge on any atom is -0.337 e. The van der Waals surface area contributed by atoms with Crippen LogP contribution in [0.3, 0.4) is 0 Å². The summed E-state index contributed by atoms with van der Waals surface area (Å²) in [5.74, 6) is 0.716. The molecule has 0 saturated heterocycles. The average molecular weight is 223 g/mol. The average Bonchev–Trinajstić information content (AvgIpc) is 2.69. The first-order valence-corrected chi connectivity index (χ1v) is 6.19. The first-order valence-electron chi connectivity index (χ1n) is 6.19. The molecule has 16 heavy (non-hydrogen) atoms. The van der Waals surface area contributed by atoms with Crippen molar-refractivity contribution in [2.75, 3.05) is 13.1 Å². The lowest BCUT2D eigenvalue weighted by molar-refractivity contribution is 0.238. The Hall–Kier alpha value is -0.830. The van der Waals surface area contributed by atoms with Crippen LogP contribution in [0.1, 0.15) is 34.1 Å². The van der Waals surface area contributed by atoms with Crippen molar-refractivity contribution in [1.29, 1.82) is 0 Å². The molecular weight excluding hydrogens is 198 g/mol. The van der Waals surface area contributed by atoms with Gasteiger partial charge >= 0.3 is 0 Å². The Kier molecular flexibility index (Phi) is 5.00. The second kappa shape index (κ2) is 6.04. The van der Waals surface area contributed by atoms with Gasteiger partial charge in [0.05, 0.1) is 6.33 Å². The van der Waals surface area contributed by atoms with E-state index in [0.29, 0.717) is 11.3 Å². The fraction of sp³-hybridized carbons (Fsp3) is 0.769. The second-order valence-electron chi connectivity index (χ2n) is 5.47. The van der Waals surface area contributed by atoms with E-state index in [2.05, 4.69) is 42.6 Å². The van der Waals surface area contributed by atoms with Gasteiger partial charge in [0.15, 0.2) is 0 Å². The molecule has 0 bridgehead atoms. The molecule has 3 heteroatoms. The first-order chi connectivity index (χ1) is 7.52. The molecule has 1 rings (SSSR count). The molecule has 92 valence electrons. The maximum absolute atomic E-state index is 4.03. The summed E-state index contributed by atoms with van der Waals surface area (Å²) in [5, 5.41) is 3.54. The number of hydrogen-bond acceptors (Lipinski definition) is 2. The van der Waals surface area contributed by atoms with Crippen LogP contribution in [0, 0.1) is 11.3 Å². The Morgan fingerprint density at radius 2 is 2.12 bits per heavy atom. The van der Waals surface area contributed by atoms with Gasteiger partial charge in [-0.25, -0.2) is 4.98 Å². The highest BCUT2D eigenvalue weighted by molar-refractivity contribution is 4.76. The van der Waals surface area contributed by atoms with Crippen LogP contribution in [0.15, 0.2) is 18.7 Å². The lowest BCUT2D eigenvalue weighted by Crippen LogP contribution is -2.34. The third-order valence-corrected chi connectivity index (χ3v) is 3.47. The van der Waals surface area contributed by atoms with Gasteiger partial charge in [0.25, 0.3) is 0 Å². The predicted octanol–water partition coefficient (Wildman–Crippen LogP) is 2.55.